The van der Waals surface area contributed by atoms with Crippen molar-refractivity contribution in [2.24, 2.45) is 0 Å². The second-order valence-corrected chi connectivity index (χ2v) is 8.60. The van der Waals surface area contributed by atoms with Gasteiger partial charge < -0.3 is 4.42 Å². The second kappa shape index (κ2) is 7.16. The monoisotopic (exact) mass is 367 g/mol. The summed E-state index contributed by atoms with van der Waals surface area (Å²) in [6.07, 6.45) is 1.25. The molecule has 0 aliphatic carbocycles. The second-order valence-electron chi connectivity index (χ2n) is 6.03. The molecule has 3 rings (SSSR count). The molecule has 0 saturated carbocycles. The lowest BCUT2D eigenvalue weighted by molar-refractivity contribution is 0.162. The summed E-state index contributed by atoms with van der Waals surface area (Å²) in [5, 5.41) is 4.46. The van der Waals surface area contributed by atoms with Gasteiger partial charge in [-0.25, -0.2) is 13.1 Å². The third kappa shape index (κ3) is 4.12. The molecule has 1 atom stereocenters. The first-order chi connectivity index (χ1) is 11.5. The summed E-state index contributed by atoms with van der Waals surface area (Å²) in [5.41, 5.74) is 1.11. The van der Waals surface area contributed by atoms with Crippen LogP contribution in [0.25, 0.3) is 0 Å². The van der Waals surface area contributed by atoms with Crippen molar-refractivity contribution in [3.05, 3.63) is 46.6 Å². The highest BCUT2D eigenvalue weighted by molar-refractivity contribution is 7.91. The Bertz CT molecular complexity index is 843. The average molecular weight is 367 g/mol. The number of hydrogen-bond donors (Lipinski definition) is 0. The van der Waals surface area contributed by atoms with Crippen LogP contribution >= 0.6 is 12.2 Å². The predicted molar refractivity (Wildman–Crippen MR) is 94.0 cm³/mol. The Morgan fingerprint density at radius 1 is 1.38 bits per heavy atom. The molecule has 1 aliphatic rings. The van der Waals surface area contributed by atoms with Gasteiger partial charge in [-0.05, 0) is 30.7 Å². The minimum atomic E-state index is -2.91. The van der Waals surface area contributed by atoms with E-state index < -0.39 is 9.84 Å². The summed E-state index contributed by atoms with van der Waals surface area (Å²) >= 11 is 5.26. The molecule has 0 radical (unpaired) electrons. The molecule has 130 valence electrons. The molecule has 0 bridgehead atoms. The van der Waals surface area contributed by atoms with Crippen LogP contribution < -0.4 is 0 Å². The van der Waals surface area contributed by atoms with Crippen molar-refractivity contribution in [2.45, 2.75) is 32.5 Å². The van der Waals surface area contributed by atoms with Crippen molar-refractivity contribution in [1.29, 1.82) is 0 Å². The minimum Gasteiger partial charge on any atom is -0.414 e. The van der Waals surface area contributed by atoms with Crippen LogP contribution in [-0.2, 0) is 22.9 Å². The van der Waals surface area contributed by atoms with E-state index in [4.69, 9.17) is 16.6 Å². The summed E-state index contributed by atoms with van der Waals surface area (Å²) in [6.45, 7) is 3.20. The zero-order chi connectivity index (χ0) is 17.2. The van der Waals surface area contributed by atoms with Crippen molar-refractivity contribution in [2.75, 3.05) is 18.1 Å². The first kappa shape index (κ1) is 17.3. The lowest BCUT2D eigenvalue weighted by Crippen LogP contribution is -2.37. The van der Waals surface area contributed by atoms with Crippen LogP contribution in [0, 0.1) is 4.84 Å². The lowest BCUT2D eigenvalue weighted by atomic mass is 10.2. The molecular weight excluding hydrogens is 346 g/mol. The van der Waals surface area contributed by atoms with E-state index in [0.29, 0.717) is 30.2 Å². The van der Waals surface area contributed by atoms with Crippen LogP contribution in [0.4, 0.5) is 0 Å². The van der Waals surface area contributed by atoms with Gasteiger partial charge in [0.2, 0.25) is 5.89 Å². The topological polar surface area (TPSA) is 68.3 Å². The molecule has 0 amide bonds. The fraction of sp³-hybridized carbons (Fsp3) is 0.500. The maximum Gasteiger partial charge on any atom is 0.288 e. The number of sulfone groups is 1. The van der Waals surface area contributed by atoms with Gasteiger partial charge >= 0.3 is 0 Å². The highest BCUT2D eigenvalue weighted by Gasteiger charge is 2.32. The third-order valence-corrected chi connectivity index (χ3v) is 6.34. The largest absolute Gasteiger partial charge is 0.414 e. The molecule has 1 fully saturated rings. The van der Waals surface area contributed by atoms with Gasteiger partial charge in [-0.1, -0.05) is 37.3 Å². The zero-order valence-corrected chi connectivity index (χ0v) is 15.2. The predicted octanol–water partition coefficient (Wildman–Crippen LogP) is 2.26. The standard InChI is InChI=1S/C16H21N3O3S2/c1-2-18(14-8-9-24(20,21)11-14)12-19-16(23)22-15(17-19)10-13-6-4-3-5-7-13/h3-7,14H,2,8-12H2,1H3/t14-/m1/s1. The molecule has 0 unspecified atom stereocenters. The summed E-state index contributed by atoms with van der Waals surface area (Å²) < 4.78 is 30.6. The first-order valence-electron chi connectivity index (χ1n) is 8.02. The van der Waals surface area contributed by atoms with E-state index in [1.165, 1.54) is 0 Å². The Morgan fingerprint density at radius 3 is 2.75 bits per heavy atom. The molecule has 24 heavy (non-hydrogen) atoms. The van der Waals surface area contributed by atoms with Gasteiger partial charge in [0.25, 0.3) is 4.84 Å². The number of aromatic nitrogens is 2. The van der Waals surface area contributed by atoms with Crippen molar-refractivity contribution in [1.82, 2.24) is 14.7 Å². The van der Waals surface area contributed by atoms with E-state index in [-0.39, 0.29) is 17.5 Å². The minimum absolute atomic E-state index is 0.0242. The quantitative estimate of drug-likeness (QED) is 0.730. The summed E-state index contributed by atoms with van der Waals surface area (Å²) in [6, 6.07) is 9.96. The summed E-state index contributed by atoms with van der Waals surface area (Å²) in [7, 11) is -2.91. The molecule has 0 N–H and O–H groups in total. The highest BCUT2D eigenvalue weighted by atomic mass is 32.2. The molecule has 1 saturated heterocycles. The van der Waals surface area contributed by atoms with E-state index in [2.05, 4.69) is 10.00 Å². The molecule has 8 heteroatoms. The van der Waals surface area contributed by atoms with Crippen molar-refractivity contribution in [3.63, 3.8) is 0 Å². The Morgan fingerprint density at radius 2 is 2.12 bits per heavy atom. The molecule has 1 aromatic heterocycles. The normalized spacial score (nSPS) is 19.8. The number of rotatable bonds is 6. The lowest BCUT2D eigenvalue weighted by Gasteiger charge is -2.25. The molecule has 1 aliphatic heterocycles. The van der Waals surface area contributed by atoms with Crippen LogP contribution in [0.15, 0.2) is 34.7 Å². The van der Waals surface area contributed by atoms with Gasteiger partial charge in [-0.15, -0.1) is 5.10 Å². The van der Waals surface area contributed by atoms with Gasteiger partial charge in [0.15, 0.2) is 9.84 Å². The molecule has 2 aromatic rings. The average Bonchev–Trinajstić information content (AvgIpc) is 3.08. The van der Waals surface area contributed by atoms with Crippen LogP contribution in [-0.4, -0.2) is 47.2 Å². The summed E-state index contributed by atoms with van der Waals surface area (Å²) in [4.78, 5) is 2.41. The van der Waals surface area contributed by atoms with Crippen molar-refractivity contribution in [3.8, 4) is 0 Å². The molecule has 6 nitrogen and oxygen atoms in total. The van der Waals surface area contributed by atoms with Crippen molar-refractivity contribution < 1.29 is 12.8 Å². The number of benzene rings is 1. The Kier molecular flexibility index (Phi) is 5.17. The molecular formula is C16H21N3O3S2. The third-order valence-electron chi connectivity index (χ3n) is 4.29. The zero-order valence-electron chi connectivity index (χ0n) is 13.6. The Hall–Kier alpha value is -1.51. The highest BCUT2D eigenvalue weighted by Crippen LogP contribution is 2.18. The van der Waals surface area contributed by atoms with Gasteiger partial charge in [-0.2, -0.15) is 0 Å². The van der Waals surface area contributed by atoms with Gasteiger partial charge in [0.1, 0.15) is 0 Å². The first-order valence-corrected chi connectivity index (χ1v) is 10.2. The smallest absolute Gasteiger partial charge is 0.288 e. The maximum absolute atomic E-state index is 11.7. The SMILES string of the molecule is CCN(Cn1nc(Cc2ccccc2)oc1=S)[C@@H]1CCS(=O)(=O)C1. The molecule has 1 aromatic carbocycles. The van der Waals surface area contributed by atoms with Crippen molar-refractivity contribution >= 4 is 22.1 Å². The van der Waals surface area contributed by atoms with Gasteiger partial charge in [0.05, 0.1) is 24.6 Å². The van der Waals surface area contributed by atoms with Crippen LogP contribution in [0.2, 0.25) is 0 Å². The molecule has 2 heterocycles. The van der Waals surface area contributed by atoms with Crippen LogP contribution in [0.5, 0.6) is 0 Å². The van der Waals surface area contributed by atoms with E-state index >= 15 is 0 Å². The Labute approximate surface area is 147 Å². The maximum atomic E-state index is 11.7. The van der Waals surface area contributed by atoms with Crippen LogP contribution in [0.3, 0.4) is 0 Å². The number of nitrogens with zero attached hydrogens (tertiary/aromatic N) is 3. The fourth-order valence-corrected chi connectivity index (χ4v) is 4.95. The van der Waals surface area contributed by atoms with Crippen LogP contribution in [0.1, 0.15) is 24.8 Å². The van der Waals surface area contributed by atoms with E-state index in [0.717, 1.165) is 12.1 Å². The van der Waals surface area contributed by atoms with Gasteiger partial charge in [0, 0.05) is 6.04 Å². The number of hydrogen-bond acceptors (Lipinski definition) is 6. The fourth-order valence-electron chi connectivity index (χ4n) is 2.99. The summed E-state index contributed by atoms with van der Waals surface area (Å²) in [5.74, 6) is 1.04. The van der Waals surface area contributed by atoms with E-state index in [1.54, 1.807) is 4.68 Å². The molecule has 0 spiro atoms. The van der Waals surface area contributed by atoms with E-state index in [1.807, 2.05) is 37.3 Å². The Balaban J connectivity index is 1.71. The van der Waals surface area contributed by atoms with E-state index in [9.17, 15) is 8.42 Å². The van der Waals surface area contributed by atoms with Gasteiger partial charge in [-0.3, -0.25) is 4.90 Å².